The van der Waals surface area contributed by atoms with E-state index in [0.717, 1.165) is 25.7 Å². The van der Waals surface area contributed by atoms with Crippen LogP contribution in [-0.2, 0) is 11.2 Å². The zero-order valence-corrected chi connectivity index (χ0v) is 13.3. The Hall–Kier alpha value is -2.36. The number of rotatable bonds is 8. The number of H-pyrrole nitrogens is 1. The van der Waals surface area contributed by atoms with Gasteiger partial charge in [-0.1, -0.05) is 42.5 Å². The van der Waals surface area contributed by atoms with Gasteiger partial charge in [0, 0.05) is 25.2 Å². The van der Waals surface area contributed by atoms with E-state index >= 15 is 0 Å². The van der Waals surface area contributed by atoms with Crippen LogP contribution in [0.1, 0.15) is 36.8 Å². The Morgan fingerprint density at radius 2 is 2.13 bits per heavy atom. The molecule has 0 saturated heterocycles. The van der Waals surface area contributed by atoms with Crippen LogP contribution in [0.4, 0.5) is 0 Å². The van der Waals surface area contributed by atoms with Crippen LogP contribution in [0.3, 0.4) is 0 Å². The minimum absolute atomic E-state index is 0.272. The Balaban J connectivity index is 1.48. The van der Waals surface area contributed by atoms with Crippen molar-refractivity contribution in [2.75, 3.05) is 6.54 Å². The average Bonchev–Trinajstić information content (AvgIpc) is 3.28. The van der Waals surface area contributed by atoms with Crippen LogP contribution in [0.5, 0.6) is 0 Å². The maximum absolute atomic E-state index is 12.5. The first-order chi connectivity index (χ1) is 11.3. The molecule has 0 radical (unpaired) electrons. The SMILES string of the molecule is O=C(CCCc1cn[nH]c1)N(CC=Cc1ccccc1)C1CC1. The Bertz CT molecular complexity index is 630. The molecular weight excluding hydrogens is 286 g/mol. The Kier molecular flexibility index (Phi) is 5.25. The molecule has 1 amide bonds. The van der Waals surface area contributed by atoms with Crippen molar-refractivity contribution < 1.29 is 4.79 Å². The van der Waals surface area contributed by atoms with Crippen molar-refractivity contribution in [3.63, 3.8) is 0 Å². The van der Waals surface area contributed by atoms with Gasteiger partial charge in [0.05, 0.1) is 6.20 Å². The van der Waals surface area contributed by atoms with Crippen molar-refractivity contribution in [1.29, 1.82) is 0 Å². The predicted octanol–water partition coefficient (Wildman–Crippen LogP) is 3.44. The minimum Gasteiger partial charge on any atom is -0.336 e. The monoisotopic (exact) mass is 309 g/mol. The first-order valence-electron chi connectivity index (χ1n) is 8.31. The molecule has 23 heavy (non-hydrogen) atoms. The molecule has 0 aliphatic heterocycles. The highest BCUT2D eigenvalue weighted by Crippen LogP contribution is 2.27. The summed E-state index contributed by atoms with van der Waals surface area (Å²) in [4.78, 5) is 14.5. The van der Waals surface area contributed by atoms with Crippen LogP contribution in [0.25, 0.3) is 6.08 Å². The molecule has 1 heterocycles. The fourth-order valence-corrected chi connectivity index (χ4v) is 2.71. The quantitative estimate of drug-likeness (QED) is 0.812. The molecule has 0 spiro atoms. The number of carbonyl (C=O) groups excluding carboxylic acids is 1. The fraction of sp³-hybridized carbons (Fsp3) is 0.368. The van der Waals surface area contributed by atoms with Crippen molar-refractivity contribution in [3.05, 3.63) is 59.9 Å². The van der Waals surface area contributed by atoms with Crippen LogP contribution in [0.2, 0.25) is 0 Å². The Labute approximate surface area is 137 Å². The summed E-state index contributed by atoms with van der Waals surface area (Å²) >= 11 is 0. The van der Waals surface area contributed by atoms with Gasteiger partial charge >= 0.3 is 0 Å². The summed E-state index contributed by atoms with van der Waals surface area (Å²) in [5.41, 5.74) is 2.34. The summed E-state index contributed by atoms with van der Waals surface area (Å²) in [6, 6.07) is 10.7. The van der Waals surface area contributed by atoms with Gasteiger partial charge < -0.3 is 4.90 Å². The highest BCUT2D eigenvalue weighted by Gasteiger charge is 2.31. The lowest BCUT2D eigenvalue weighted by molar-refractivity contribution is -0.131. The topological polar surface area (TPSA) is 49.0 Å². The maximum Gasteiger partial charge on any atom is 0.223 e. The van der Waals surface area contributed by atoms with Gasteiger partial charge in [-0.2, -0.15) is 5.10 Å². The first-order valence-corrected chi connectivity index (χ1v) is 8.31. The van der Waals surface area contributed by atoms with E-state index in [1.807, 2.05) is 35.5 Å². The second kappa shape index (κ2) is 7.77. The highest BCUT2D eigenvalue weighted by atomic mass is 16.2. The third kappa shape index (κ3) is 4.81. The van der Waals surface area contributed by atoms with Crippen LogP contribution >= 0.6 is 0 Å². The number of nitrogens with zero attached hydrogens (tertiary/aromatic N) is 2. The molecule has 0 bridgehead atoms. The number of nitrogens with one attached hydrogen (secondary N) is 1. The van der Waals surface area contributed by atoms with E-state index in [0.29, 0.717) is 19.0 Å². The number of hydrogen-bond donors (Lipinski definition) is 1. The molecule has 1 aliphatic rings. The van der Waals surface area contributed by atoms with Crippen molar-refractivity contribution in [2.45, 2.75) is 38.1 Å². The van der Waals surface area contributed by atoms with E-state index in [1.165, 1.54) is 11.1 Å². The molecule has 3 rings (SSSR count). The molecule has 1 aromatic carbocycles. The van der Waals surface area contributed by atoms with Gasteiger partial charge in [0.15, 0.2) is 0 Å². The van der Waals surface area contributed by atoms with Crippen molar-refractivity contribution in [3.8, 4) is 0 Å². The fourth-order valence-electron chi connectivity index (χ4n) is 2.71. The standard InChI is InChI=1S/C19H23N3O/c23-19(10-4-8-17-14-20-21-15-17)22(18-11-12-18)13-5-9-16-6-2-1-3-7-16/h1-3,5-7,9,14-15,18H,4,8,10-13H2,(H,20,21). The van der Waals surface area contributed by atoms with E-state index in [-0.39, 0.29) is 5.91 Å². The third-order valence-corrected chi connectivity index (χ3v) is 4.13. The van der Waals surface area contributed by atoms with E-state index in [1.54, 1.807) is 0 Å². The number of amides is 1. The van der Waals surface area contributed by atoms with Gasteiger partial charge in [-0.25, -0.2) is 0 Å². The third-order valence-electron chi connectivity index (χ3n) is 4.13. The summed E-state index contributed by atoms with van der Waals surface area (Å²) < 4.78 is 0. The molecule has 2 aromatic rings. The summed E-state index contributed by atoms with van der Waals surface area (Å²) in [7, 11) is 0. The van der Waals surface area contributed by atoms with Gasteiger partial charge in [0.25, 0.3) is 0 Å². The molecule has 1 saturated carbocycles. The molecular formula is C19H23N3O. The smallest absolute Gasteiger partial charge is 0.223 e. The number of hydrogen-bond acceptors (Lipinski definition) is 2. The van der Waals surface area contributed by atoms with Crippen LogP contribution < -0.4 is 0 Å². The van der Waals surface area contributed by atoms with Crippen LogP contribution in [-0.4, -0.2) is 33.6 Å². The lowest BCUT2D eigenvalue weighted by atomic mass is 10.1. The maximum atomic E-state index is 12.5. The number of aryl methyl sites for hydroxylation is 1. The predicted molar refractivity (Wildman–Crippen MR) is 91.7 cm³/mol. The minimum atomic E-state index is 0.272. The van der Waals surface area contributed by atoms with Gasteiger partial charge in [-0.05, 0) is 36.8 Å². The Morgan fingerprint density at radius 1 is 1.30 bits per heavy atom. The average molecular weight is 309 g/mol. The molecule has 1 aliphatic carbocycles. The largest absolute Gasteiger partial charge is 0.336 e. The van der Waals surface area contributed by atoms with Gasteiger partial charge in [-0.15, -0.1) is 0 Å². The number of benzene rings is 1. The highest BCUT2D eigenvalue weighted by molar-refractivity contribution is 5.77. The van der Waals surface area contributed by atoms with E-state index in [4.69, 9.17) is 0 Å². The van der Waals surface area contributed by atoms with Crippen molar-refractivity contribution in [1.82, 2.24) is 15.1 Å². The summed E-state index contributed by atoms with van der Waals surface area (Å²) in [6.07, 6.45) is 12.6. The lowest BCUT2D eigenvalue weighted by Crippen LogP contribution is -2.33. The molecule has 4 nitrogen and oxygen atoms in total. The van der Waals surface area contributed by atoms with Crippen molar-refractivity contribution >= 4 is 12.0 Å². The molecule has 0 atom stereocenters. The normalized spacial score (nSPS) is 14.3. The van der Waals surface area contributed by atoms with Gasteiger partial charge in [0.2, 0.25) is 5.91 Å². The summed E-state index contributed by atoms with van der Waals surface area (Å²) in [6.45, 7) is 0.712. The van der Waals surface area contributed by atoms with E-state index in [9.17, 15) is 4.79 Å². The number of aromatic nitrogens is 2. The zero-order valence-electron chi connectivity index (χ0n) is 13.3. The molecule has 1 aromatic heterocycles. The Morgan fingerprint density at radius 3 is 2.83 bits per heavy atom. The van der Waals surface area contributed by atoms with Crippen LogP contribution in [0, 0.1) is 0 Å². The molecule has 4 heteroatoms. The lowest BCUT2D eigenvalue weighted by Gasteiger charge is -2.20. The molecule has 1 N–H and O–H groups in total. The zero-order chi connectivity index (χ0) is 15.9. The van der Waals surface area contributed by atoms with Crippen molar-refractivity contribution in [2.24, 2.45) is 0 Å². The molecule has 120 valence electrons. The summed E-state index contributed by atoms with van der Waals surface area (Å²) in [5.74, 6) is 0.272. The van der Waals surface area contributed by atoms with E-state index in [2.05, 4.69) is 34.5 Å². The van der Waals surface area contributed by atoms with E-state index < -0.39 is 0 Å². The number of carbonyl (C=O) groups is 1. The molecule has 0 unspecified atom stereocenters. The molecule has 1 fully saturated rings. The van der Waals surface area contributed by atoms with Gasteiger partial charge in [0.1, 0.15) is 0 Å². The number of aromatic amines is 1. The van der Waals surface area contributed by atoms with Gasteiger partial charge in [-0.3, -0.25) is 9.89 Å². The van der Waals surface area contributed by atoms with Crippen LogP contribution in [0.15, 0.2) is 48.8 Å². The second-order valence-electron chi connectivity index (χ2n) is 6.05. The summed E-state index contributed by atoms with van der Waals surface area (Å²) in [5, 5.41) is 6.74. The first kappa shape index (κ1) is 15.5. The second-order valence-corrected chi connectivity index (χ2v) is 6.05.